The van der Waals surface area contributed by atoms with Crippen molar-refractivity contribution in [2.75, 3.05) is 165 Å². The molecule has 0 bridgehead atoms. The second-order valence-electron chi connectivity index (χ2n) is 12.5. The van der Waals surface area contributed by atoms with Crippen LogP contribution in [0.15, 0.2) is 0 Å². The zero-order chi connectivity index (χ0) is 39.1. The summed E-state index contributed by atoms with van der Waals surface area (Å²) in [5.74, 6) is -0.124. The van der Waals surface area contributed by atoms with E-state index in [0.717, 1.165) is 38.7 Å². The molecule has 14 heteroatoms. The third kappa shape index (κ3) is 43.7. The highest BCUT2D eigenvalue weighted by Gasteiger charge is 2.17. The lowest BCUT2D eigenvalue weighted by atomic mass is 10.00. The number of carbonyl (C=O) groups is 1. The average Bonchev–Trinajstić information content (AvgIpc) is 3.18. The molecule has 0 aliphatic rings. The Hall–Kier alpha value is -1.01. The summed E-state index contributed by atoms with van der Waals surface area (Å²) in [5, 5.41) is 0. The molecule has 0 spiro atoms. The van der Waals surface area contributed by atoms with Gasteiger partial charge in [0.05, 0.1) is 158 Å². The first-order valence-electron chi connectivity index (χ1n) is 20.9. The fourth-order valence-electron chi connectivity index (χ4n) is 4.76. The van der Waals surface area contributed by atoms with E-state index in [0.29, 0.717) is 152 Å². The molecule has 0 aliphatic carbocycles. The van der Waals surface area contributed by atoms with E-state index in [2.05, 4.69) is 13.8 Å². The maximum atomic E-state index is 12.0. The third-order valence-electron chi connectivity index (χ3n) is 7.94. The number of hydrogen-bond donors (Lipinski definition) is 0. The minimum atomic E-state index is -0.120. The van der Waals surface area contributed by atoms with Crippen molar-refractivity contribution in [3.63, 3.8) is 0 Å². The summed E-state index contributed by atoms with van der Waals surface area (Å²) in [6.07, 6.45) is 11.5. The van der Waals surface area contributed by atoms with Gasteiger partial charge < -0.3 is 61.6 Å². The zero-order valence-electron chi connectivity index (χ0n) is 34.5. The van der Waals surface area contributed by atoms with Crippen LogP contribution in [0.4, 0.5) is 0 Å². The predicted molar refractivity (Wildman–Crippen MR) is 207 cm³/mol. The Morgan fingerprint density at radius 3 is 0.870 bits per heavy atom. The van der Waals surface area contributed by atoms with Crippen molar-refractivity contribution in [3.05, 3.63) is 0 Å². The summed E-state index contributed by atoms with van der Waals surface area (Å²) in [5.41, 5.74) is 0. The molecule has 54 heavy (non-hydrogen) atoms. The van der Waals surface area contributed by atoms with Gasteiger partial charge in [-0.3, -0.25) is 4.79 Å². The van der Waals surface area contributed by atoms with Crippen LogP contribution in [0.5, 0.6) is 0 Å². The molecular weight excluding hydrogens is 704 g/mol. The van der Waals surface area contributed by atoms with Crippen molar-refractivity contribution < 1.29 is 66.4 Å². The SMILES string of the molecule is CCCCCCCCOCCOCCOCCOCCOCCOCCOCCOCCOCCOCCOCCOCCOC(=O)C(CC)CCCC. The molecule has 0 radical (unpaired) electrons. The molecule has 0 aromatic carbocycles. The highest BCUT2D eigenvalue weighted by atomic mass is 16.6. The Balaban J connectivity index is 3.12. The molecule has 0 fully saturated rings. The summed E-state index contributed by atoms with van der Waals surface area (Å²) < 4.78 is 71.4. The molecular formula is C40H80O14. The van der Waals surface area contributed by atoms with Crippen LogP contribution in [-0.4, -0.2) is 171 Å². The van der Waals surface area contributed by atoms with Gasteiger partial charge in [-0.1, -0.05) is 65.7 Å². The van der Waals surface area contributed by atoms with E-state index < -0.39 is 0 Å². The number of hydrogen-bond acceptors (Lipinski definition) is 14. The first-order chi connectivity index (χ1) is 26.8. The van der Waals surface area contributed by atoms with Crippen molar-refractivity contribution in [3.8, 4) is 0 Å². The van der Waals surface area contributed by atoms with E-state index in [-0.39, 0.29) is 18.5 Å². The lowest BCUT2D eigenvalue weighted by molar-refractivity contribution is -0.150. The maximum absolute atomic E-state index is 12.0. The maximum Gasteiger partial charge on any atom is 0.308 e. The summed E-state index contributed by atoms with van der Waals surface area (Å²) in [6.45, 7) is 19.2. The van der Waals surface area contributed by atoms with Crippen molar-refractivity contribution in [2.24, 2.45) is 5.92 Å². The number of esters is 1. The Kier molecular flexibility index (Phi) is 47.2. The smallest absolute Gasteiger partial charge is 0.308 e. The van der Waals surface area contributed by atoms with Crippen LogP contribution in [0.3, 0.4) is 0 Å². The van der Waals surface area contributed by atoms with E-state index in [1.165, 1.54) is 32.1 Å². The lowest BCUT2D eigenvalue weighted by Gasteiger charge is -2.13. The zero-order valence-corrected chi connectivity index (χ0v) is 34.5. The first kappa shape index (κ1) is 53.0. The standard InChI is InChI=1S/C40H80O14/c1-4-7-9-10-11-12-14-42-15-16-43-17-18-44-19-20-45-21-22-46-23-24-47-25-26-48-27-28-49-29-30-50-31-32-51-33-34-52-35-36-53-37-38-54-40(41)39(6-3)13-8-5-2/h39H,4-38H2,1-3H3. The molecule has 1 unspecified atom stereocenters. The van der Waals surface area contributed by atoms with Gasteiger partial charge in [-0.25, -0.2) is 0 Å². The number of rotatable bonds is 48. The largest absolute Gasteiger partial charge is 0.463 e. The second kappa shape index (κ2) is 48.1. The average molecular weight is 785 g/mol. The van der Waals surface area contributed by atoms with Gasteiger partial charge in [-0.2, -0.15) is 0 Å². The molecule has 0 aliphatic heterocycles. The van der Waals surface area contributed by atoms with Crippen molar-refractivity contribution in [1.29, 1.82) is 0 Å². The van der Waals surface area contributed by atoms with Crippen LogP contribution < -0.4 is 0 Å². The van der Waals surface area contributed by atoms with Gasteiger partial charge in [-0.05, 0) is 19.3 Å². The van der Waals surface area contributed by atoms with Gasteiger partial charge in [-0.15, -0.1) is 0 Å². The number of unbranched alkanes of at least 4 members (excludes halogenated alkanes) is 6. The molecule has 1 atom stereocenters. The molecule has 0 aromatic rings. The minimum absolute atomic E-state index is 0.00427. The first-order valence-corrected chi connectivity index (χ1v) is 20.9. The van der Waals surface area contributed by atoms with Crippen LogP contribution in [0.2, 0.25) is 0 Å². The van der Waals surface area contributed by atoms with Gasteiger partial charge in [0.15, 0.2) is 0 Å². The predicted octanol–water partition coefficient (Wildman–Crippen LogP) is 5.31. The van der Waals surface area contributed by atoms with Crippen LogP contribution in [-0.2, 0) is 66.4 Å². The number of carbonyl (C=O) groups excluding carboxylic acids is 1. The van der Waals surface area contributed by atoms with Crippen LogP contribution in [0, 0.1) is 5.92 Å². The van der Waals surface area contributed by atoms with Gasteiger partial charge in [0, 0.05) is 6.61 Å². The Bertz CT molecular complexity index is 706. The van der Waals surface area contributed by atoms with E-state index >= 15 is 0 Å². The van der Waals surface area contributed by atoms with Crippen molar-refractivity contribution in [2.45, 2.75) is 85.0 Å². The lowest BCUT2D eigenvalue weighted by Crippen LogP contribution is -2.20. The molecule has 0 heterocycles. The van der Waals surface area contributed by atoms with E-state index in [9.17, 15) is 4.79 Å². The highest BCUT2D eigenvalue weighted by molar-refractivity contribution is 5.72. The Labute approximate surface area is 328 Å². The van der Waals surface area contributed by atoms with E-state index in [1.54, 1.807) is 0 Å². The molecule has 14 nitrogen and oxygen atoms in total. The highest BCUT2D eigenvalue weighted by Crippen LogP contribution is 2.14. The fourth-order valence-corrected chi connectivity index (χ4v) is 4.76. The normalized spacial score (nSPS) is 12.1. The molecule has 0 amide bonds. The molecule has 0 saturated carbocycles. The molecule has 0 N–H and O–H groups in total. The Morgan fingerprint density at radius 2 is 0.574 bits per heavy atom. The number of ether oxygens (including phenoxy) is 13. The van der Waals surface area contributed by atoms with Crippen molar-refractivity contribution >= 4 is 5.97 Å². The van der Waals surface area contributed by atoms with E-state index in [4.69, 9.17) is 61.6 Å². The molecule has 0 saturated heterocycles. The summed E-state index contributed by atoms with van der Waals surface area (Å²) in [6, 6.07) is 0. The van der Waals surface area contributed by atoms with Crippen molar-refractivity contribution in [1.82, 2.24) is 0 Å². The van der Waals surface area contributed by atoms with Crippen LogP contribution >= 0.6 is 0 Å². The summed E-state index contributed by atoms with van der Waals surface area (Å²) in [7, 11) is 0. The molecule has 324 valence electrons. The molecule has 0 aromatic heterocycles. The summed E-state index contributed by atoms with van der Waals surface area (Å²) in [4.78, 5) is 12.0. The van der Waals surface area contributed by atoms with Gasteiger partial charge in [0.1, 0.15) is 6.61 Å². The van der Waals surface area contributed by atoms with Crippen LogP contribution in [0.1, 0.15) is 85.0 Å². The Morgan fingerprint density at radius 1 is 0.315 bits per heavy atom. The van der Waals surface area contributed by atoms with E-state index in [1.807, 2.05) is 6.92 Å². The van der Waals surface area contributed by atoms with Crippen LogP contribution in [0.25, 0.3) is 0 Å². The monoisotopic (exact) mass is 785 g/mol. The van der Waals surface area contributed by atoms with Gasteiger partial charge in [0.2, 0.25) is 0 Å². The van der Waals surface area contributed by atoms with Gasteiger partial charge in [0.25, 0.3) is 0 Å². The van der Waals surface area contributed by atoms with Gasteiger partial charge >= 0.3 is 5.97 Å². The molecule has 0 rings (SSSR count). The fraction of sp³-hybridized carbons (Fsp3) is 0.975. The topological polar surface area (TPSA) is 137 Å². The third-order valence-corrected chi connectivity index (χ3v) is 7.94. The minimum Gasteiger partial charge on any atom is -0.463 e. The second-order valence-corrected chi connectivity index (χ2v) is 12.5. The summed E-state index contributed by atoms with van der Waals surface area (Å²) >= 11 is 0. The quantitative estimate of drug-likeness (QED) is 0.0583.